The van der Waals surface area contributed by atoms with Gasteiger partial charge in [-0.3, -0.25) is 4.79 Å². The number of carbonyl (C=O) groups is 1. The number of hydrogen-bond donors (Lipinski definition) is 1. The highest BCUT2D eigenvalue weighted by atomic mass is 16.4. The Hall–Kier alpha value is -2.35. The molecule has 31 heavy (non-hydrogen) atoms. The third-order valence-electron chi connectivity index (χ3n) is 8.09. The van der Waals surface area contributed by atoms with Crippen molar-refractivity contribution in [3.8, 4) is 0 Å². The molecule has 1 N–H and O–H groups in total. The maximum atomic E-state index is 12.6. The van der Waals surface area contributed by atoms with Gasteiger partial charge in [0.25, 0.3) is 0 Å². The average molecular weight is 417 g/mol. The summed E-state index contributed by atoms with van der Waals surface area (Å²) in [6.07, 6.45) is 15.0. The average Bonchev–Trinajstić information content (AvgIpc) is 3.41. The van der Waals surface area contributed by atoms with Gasteiger partial charge in [-0.15, -0.1) is 0 Å². The third kappa shape index (κ3) is 4.35. The number of fused-ring (bicyclic) bond motifs is 2. The van der Waals surface area contributed by atoms with Crippen molar-refractivity contribution < 1.29 is 9.90 Å². The number of benzene rings is 2. The van der Waals surface area contributed by atoms with Crippen LogP contribution in [0, 0.1) is 17.3 Å². The second-order valence-corrected chi connectivity index (χ2v) is 9.91. The molecule has 2 nitrogen and oxygen atoms in total. The predicted molar refractivity (Wildman–Crippen MR) is 127 cm³/mol. The fourth-order valence-corrected chi connectivity index (χ4v) is 6.49. The number of carboxylic acids is 1. The molecule has 0 saturated heterocycles. The highest BCUT2D eigenvalue weighted by molar-refractivity contribution is 5.74. The zero-order chi connectivity index (χ0) is 21.7. The summed E-state index contributed by atoms with van der Waals surface area (Å²) in [6.45, 7) is 2.09. The molecule has 2 aliphatic carbocycles. The molecule has 164 valence electrons. The Morgan fingerprint density at radius 3 is 2.06 bits per heavy atom. The van der Waals surface area contributed by atoms with Crippen LogP contribution in [0.2, 0.25) is 0 Å². The van der Waals surface area contributed by atoms with Gasteiger partial charge in [0.05, 0.1) is 5.92 Å². The van der Waals surface area contributed by atoms with E-state index in [1.165, 1.54) is 32.1 Å². The van der Waals surface area contributed by atoms with Crippen molar-refractivity contribution in [3.63, 3.8) is 0 Å². The van der Waals surface area contributed by atoms with Crippen LogP contribution in [0.4, 0.5) is 0 Å². The van der Waals surface area contributed by atoms with Crippen LogP contribution >= 0.6 is 0 Å². The summed E-state index contributed by atoms with van der Waals surface area (Å²) in [5, 5.41) is 10.4. The second kappa shape index (κ2) is 9.42. The minimum absolute atomic E-state index is 0.465. The summed E-state index contributed by atoms with van der Waals surface area (Å²) in [5.74, 6) is -0.203. The zero-order valence-electron chi connectivity index (χ0n) is 18.8. The van der Waals surface area contributed by atoms with Crippen molar-refractivity contribution >= 4 is 5.97 Å². The Labute approximate surface area is 187 Å². The van der Waals surface area contributed by atoms with E-state index >= 15 is 0 Å². The van der Waals surface area contributed by atoms with Crippen LogP contribution in [0.15, 0.2) is 72.8 Å². The SMILES string of the molecule is CCCC(C(=O)O)C(CC=CCC12CCC(CC1)C2)(c1ccccc1)c1ccccc1. The van der Waals surface area contributed by atoms with Crippen LogP contribution in [0.1, 0.15) is 75.8 Å². The lowest BCUT2D eigenvalue weighted by Crippen LogP contribution is -2.41. The zero-order valence-corrected chi connectivity index (χ0v) is 18.8. The Bertz CT molecular complexity index is 836. The number of rotatable bonds is 10. The molecule has 0 radical (unpaired) electrons. The smallest absolute Gasteiger partial charge is 0.307 e. The van der Waals surface area contributed by atoms with Crippen molar-refractivity contribution in [2.75, 3.05) is 0 Å². The standard InChI is InChI=1S/C29H36O2/c1-2-11-26(27(30)31)29(24-12-5-3-6-13-24,25-14-7-4-8-15-25)19-10-9-18-28-20-16-23(22-28)17-21-28/h3-10,12-15,23,26H,2,11,16-22H2,1H3,(H,30,31). The van der Waals surface area contributed by atoms with Gasteiger partial charge in [0.15, 0.2) is 0 Å². The van der Waals surface area contributed by atoms with Crippen LogP contribution in [-0.4, -0.2) is 11.1 Å². The highest BCUT2D eigenvalue weighted by Gasteiger charge is 2.45. The molecular formula is C29H36O2. The molecule has 1 atom stereocenters. The van der Waals surface area contributed by atoms with Gasteiger partial charge in [0.2, 0.25) is 0 Å². The Morgan fingerprint density at radius 1 is 1.03 bits per heavy atom. The molecule has 4 rings (SSSR count). The normalized spacial score (nSPS) is 24.0. The van der Waals surface area contributed by atoms with Gasteiger partial charge in [-0.05, 0) is 73.8 Å². The Balaban J connectivity index is 1.71. The van der Waals surface area contributed by atoms with Crippen molar-refractivity contribution in [1.29, 1.82) is 0 Å². The van der Waals surface area contributed by atoms with Gasteiger partial charge >= 0.3 is 5.97 Å². The van der Waals surface area contributed by atoms with Crippen LogP contribution in [0.5, 0.6) is 0 Å². The first-order valence-electron chi connectivity index (χ1n) is 12.1. The number of allylic oxidation sites excluding steroid dienone is 2. The summed E-state index contributed by atoms with van der Waals surface area (Å²) < 4.78 is 0. The molecule has 2 fully saturated rings. The van der Waals surface area contributed by atoms with Gasteiger partial charge < -0.3 is 5.11 Å². The van der Waals surface area contributed by atoms with E-state index in [0.717, 1.165) is 36.3 Å². The van der Waals surface area contributed by atoms with E-state index in [1.54, 1.807) is 0 Å². The summed E-state index contributed by atoms with van der Waals surface area (Å²) in [4.78, 5) is 12.6. The fourth-order valence-electron chi connectivity index (χ4n) is 6.49. The van der Waals surface area contributed by atoms with Crippen LogP contribution in [0.25, 0.3) is 0 Å². The monoisotopic (exact) mass is 416 g/mol. The lowest BCUT2D eigenvalue weighted by Gasteiger charge is -2.40. The van der Waals surface area contributed by atoms with Gasteiger partial charge in [-0.25, -0.2) is 0 Å². The van der Waals surface area contributed by atoms with Crippen LogP contribution in [-0.2, 0) is 10.2 Å². The first-order chi connectivity index (χ1) is 15.1. The Morgan fingerprint density at radius 2 is 1.61 bits per heavy atom. The summed E-state index contributed by atoms with van der Waals surface area (Å²) in [7, 11) is 0. The lowest BCUT2D eigenvalue weighted by atomic mass is 9.62. The van der Waals surface area contributed by atoms with Crippen molar-refractivity contribution in [1.82, 2.24) is 0 Å². The summed E-state index contributed by atoms with van der Waals surface area (Å²) in [5.41, 5.74) is 2.17. The van der Waals surface area contributed by atoms with E-state index < -0.39 is 17.3 Å². The van der Waals surface area contributed by atoms with Crippen LogP contribution in [0.3, 0.4) is 0 Å². The summed E-state index contributed by atoms with van der Waals surface area (Å²) >= 11 is 0. The lowest BCUT2D eigenvalue weighted by molar-refractivity contribution is -0.144. The Kier molecular flexibility index (Phi) is 6.65. The molecule has 0 aliphatic heterocycles. The van der Waals surface area contributed by atoms with Crippen molar-refractivity contribution in [2.45, 2.75) is 70.1 Å². The summed E-state index contributed by atoms with van der Waals surface area (Å²) in [6, 6.07) is 20.6. The van der Waals surface area contributed by atoms with Crippen LogP contribution < -0.4 is 0 Å². The van der Waals surface area contributed by atoms with E-state index in [-0.39, 0.29) is 0 Å². The second-order valence-electron chi connectivity index (χ2n) is 9.91. The number of aliphatic carboxylic acids is 1. The first kappa shape index (κ1) is 21.9. The molecule has 2 aromatic rings. The van der Waals surface area contributed by atoms with E-state index in [0.29, 0.717) is 11.8 Å². The third-order valence-corrected chi connectivity index (χ3v) is 8.09. The van der Waals surface area contributed by atoms with Crippen molar-refractivity contribution in [3.05, 3.63) is 83.9 Å². The number of carboxylic acid groups (broad SMARTS) is 1. The van der Waals surface area contributed by atoms with Crippen molar-refractivity contribution in [2.24, 2.45) is 17.3 Å². The van der Waals surface area contributed by atoms with Gasteiger partial charge in [0.1, 0.15) is 0 Å². The van der Waals surface area contributed by atoms with E-state index in [9.17, 15) is 9.90 Å². The molecule has 2 saturated carbocycles. The maximum Gasteiger partial charge on any atom is 0.307 e. The molecule has 2 aromatic carbocycles. The highest BCUT2D eigenvalue weighted by Crippen LogP contribution is 2.56. The largest absolute Gasteiger partial charge is 0.481 e. The molecule has 0 aromatic heterocycles. The molecule has 0 spiro atoms. The molecule has 1 unspecified atom stereocenters. The molecule has 0 amide bonds. The predicted octanol–water partition coefficient (Wildman–Crippen LogP) is 7.39. The van der Waals surface area contributed by atoms with E-state index in [2.05, 4.69) is 43.3 Å². The molecular weight excluding hydrogens is 380 g/mol. The molecule has 2 heteroatoms. The van der Waals surface area contributed by atoms with E-state index in [4.69, 9.17) is 0 Å². The minimum atomic E-state index is -0.698. The molecule has 2 bridgehead atoms. The maximum absolute atomic E-state index is 12.6. The fraction of sp³-hybridized carbons (Fsp3) is 0.483. The van der Waals surface area contributed by atoms with Gasteiger partial charge in [-0.1, -0.05) is 86.2 Å². The number of hydrogen-bond acceptors (Lipinski definition) is 1. The van der Waals surface area contributed by atoms with E-state index in [1.807, 2.05) is 36.4 Å². The van der Waals surface area contributed by atoms with Gasteiger partial charge in [-0.2, -0.15) is 0 Å². The quantitative estimate of drug-likeness (QED) is 0.410. The topological polar surface area (TPSA) is 37.3 Å². The first-order valence-corrected chi connectivity index (χ1v) is 12.1. The molecule has 0 heterocycles. The minimum Gasteiger partial charge on any atom is -0.481 e. The van der Waals surface area contributed by atoms with Gasteiger partial charge in [0, 0.05) is 5.41 Å². The molecule has 2 aliphatic rings.